The predicted octanol–water partition coefficient (Wildman–Crippen LogP) is -0.589. The molecule has 0 unspecified atom stereocenters. The summed E-state index contributed by atoms with van der Waals surface area (Å²) in [6, 6.07) is -0.0150. The molecule has 1 aliphatic rings. The van der Waals surface area contributed by atoms with Crippen molar-refractivity contribution < 1.29 is 14.6 Å². The van der Waals surface area contributed by atoms with Crippen LogP contribution in [0.2, 0.25) is 0 Å². The monoisotopic (exact) mass is 188 g/mol. The van der Waals surface area contributed by atoms with Crippen molar-refractivity contribution in [1.29, 1.82) is 0 Å². The number of hydrogen-bond acceptors (Lipinski definition) is 3. The molecule has 0 aromatic rings. The van der Waals surface area contributed by atoms with E-state index >= 15 is 0 Å². The maximum atomic E-state index is 11.2. The topological polar surface area (TPSA) is 61.8 Å². The van der Waals surface area contributed by atoms with Crippen molar-refractivity contribution in [1.82, 2.24) is 10.2 Å². The van der Waals surface area contributed by atoms with E-state index in [1.54, 1.807) is 4.90 Å². The number of nitrogens with one attached hydrogen (secondary N) is 1. The van der Waals surface area contributed by atoms with Gasteiger partial charge in [-0.05, 0) is 6.42 Å². The van der Waals surface area contributed by atoms with Crippen LogP contribution in [0, 0.1) is 0 Å². The summed E-state index contributed by atoms with van der Waals surface area (Å²) in [4.78, 5) is 12.9. The Hall–Kier alpha value is -0.810. The molecule has 1 aliphatic heterocycles. The Labute approximate surface area is 77.7 Å². The molecule has 1 fully saturated rings. The van der Waals surface area contributed by atoms with Crippen LogP contribution in [-0.4, -0.2) is 55.5 Å². The van der Waals surface area contributed by atoms with Crippen LogP contribution >= 0.6 is 0 Å². The van der Waals surface area contributed by atoms with Gasteiger partial charge in [0.25, 0.3) is 0 Å². The molecular weight excluding hydrogens is 172 g/mol. The molecular formula is C8H16N2O3. The lowest BCUT2D eigenvalue weighted by molar-refractivity contribution is 0.0767. The van der Waals surface area contributed by atoms with E-state index in [4.69, 9.17) is 9.84 Å². The number of hydrogen-bond donors (Lipinski definition) is 2. The van der Waals surface area contributed by atoms with Gasteiger partial charge in [-0.3, -0.25) is 0 Å². The van der Waals surface area contributed by atoms with E-state index in [0.717, 1.165) is 19.5 Å². The summed E-state index contributed by atoms with van der Waals surface area (Å²) >= 11 is 0. The molecule has 0 bridgehead atoms. The summed E-state index contributed by atoms with van der Waals surface area (Å²) in [6.07, 6.45) is 0.992. The Morgan fingerprint density at radius 2 is 2.38 bits per heavy atom. The van der Waals surface area contributed by atoms with Crippen molar-refractivity contribution in [2.45, 2.75) is 6.42 Å². The maximum Gasteiger partial charge on any atom is 0.317 e. The van der Waals surface area contributed by atoms with Gasteiger partial charge in [0.1, 0.15) is 0 Å². The minimum Gasteiger partial charge on any atom is -0.394 e. The Kier molecular flexibility index (Phi) is 4.56. The van der Waals surface area contributed by atoms with E-state index in [-0.39, 0.29) is 12.6 Å². The van der Waals surface area contributed by atoms with Crippen molar-refractivity contribution in [3.8, 4) is 0 Å². The van der Waals surface area contributed by atoms with Crippen molar-refractivity contribution in [2.24, 2.45) is 0 Å². The third kappa shape index (κ3) is 3.61. The third-order valence-electron chi connectivity index (χ3n) is 1.91. The van der Waals surface area contributed by atoms with Crippen LogP contribution in [-0.2, 0) is 4.74 Å². The van der Waals surface area contributed by atoms with Crippen LogP contribution in [0.5, 0.6) is 0 Å². The highest BCUT2D eigenvalue weighted by Gasteiger charge is 2.16. The van der Waals surface area contributed by atoms with Gasteiger partial charge in [0, 0.05) is 19.6 Å². The van der Waals surface area contributed by atoms with Crippen LogP contribution < -0.4 is 5.32 Å². The number of aliphatic hydroxyl groups is 1. The summed E-state index contributed by atoms with van der Waals surface area (Å²) < 4.78 is 5.06. The van der Waals surface area contributed by atoms with Crippen molar-refractivity contribution in [3.63, 3.8) is 0 Å². The zero-order chi connectivity index (χ0) is 9.52. The van der Waals surface area contributed by atoms with Gasteiger partial charge >= 0.3 is 6.03 Å². The van der Waals surface area contributed by atoms with Gasteiger partial charge in [0.2, 0.25) is 0 Å². The van der Waals surface area contributed by atoms with Crippen molar-refractivity contribution in [2.75, 3.05) is 39.5 Å². The fourth-order valence-electron chi connectivity index (χ4n) is 1.23. The highest BCUT2D eigenvalue weighted by atomic mass is 16.5. The molecule has 2 N–H and O–H groups in total. The van der Waals surface area contributed by atoms with Crippen LogP contribution in [0.3, 0.4) is 0 Å². The van der Waals surface area contributed by atoms with Crippen molar-refractivity contribution in [3.05, 3.63) is 0 Å². The summed E-state index contributed by atoms with van der Waals surface area (Å²) in [7, 11) is 0. The van der Waals surface area contributed by atoms with Gasteiger partial charge in [0.15, 0.2) is 0 Å². The largest absolute Gasteiger partial charge is 0.394 e. The Morgan fingerprint density at radius 3 is 3.08 bits per heavy atom. The number of carbonyl (C=O) groups is 1. The van der Waals surface area contributed by atoms with Gasteiger partial charge in [-0.2, -0.15) is 0 Å². The van der Waals surface area contributed by atoms with E-state index in [2.05, 4.69) is 5.32 Å². The average molecular weight is 188 g/mol. The summed E-state index contributed by atoms with van der Waals surface area (Å²) in [5.41, 5.74) is 0. The Morgan fingerprint density at radius 1 is 1.54 bits per heavy atom. The first-order chi connectivity index (χ1) is 6.34. The second kappa shape index (κ2) is 5.77. The highest BCUT2D eigenvalue weighted by Crippen LogP contribution is 1.97. The lowest BCUT2D eigenvalue weighted by atomic mass is 10.3. The van der Waals surface area contributed by atoms with Gasteiger partial charge in [0.05, 0.1) is 19.8 Å². The second-order valence-corrected chi connectivity index (χ2v) is 2.91. The molecule has 0 radical (unpaired) electrons. The molecule has 2 amide bonds. The van der Waals surface area contributed by atoms with Crippen LogP contribution in [0.25, 0.3) is 0 Å². The molecule has 0 aromatic heterocycles. The zero-order valence-electron chi connectivity index (χ0n) is 7.66. The first kappa shape index (κ1) is 10.3. The van der Waals surface area contributed by atoms with E-state index in [0.29, 0.717) is 19.8 Å². The normalized spacial score (nSPS) is 17.3. The lowest BCUT2D eigenvalue weighted by Crippen LogP contribution is -2.47. The number of nitrogens with zero attached hydrogens (tertiary/aromatic N) is 1. The van der Waals surface area contributed by atoms with Crippen LogP contribution in [0.1, 0.15) is 6.42 Å². The fraction of sp³-hybridized carbons (Fsp3) is 0.875. The molecule has 0 spiro atoms. The van der Waals surface area contributed by atoms with Crippen LogP contribution in [0.15, 0.2) is 0 Å². The first-order valence-electron chi connectivity index (χ1n) is 4.56. The highest BCUT2D eigenvalue weighted by molar-refractivity contribution is 5.74. The quantitative estimate of drug-likeness (QED) is 0.567. The van der Waals surface area contributed by atoms with Crippen molar-refractivity contribution >= 4 is 6.03 Å². The van der Waals surface area contributed by atoms with Gasteiger partial charge in [-0.15, -0.1) is 0 Å². The molecule has 76 valence electrons. The molecule has 5 heteroatoms. The molecule has 0 saturated carbocycles. The molecule has 13 heavy (non-hydrogen) atoms. The molecule has 0 aliphatic carbocycles. The smallest absolute Gasteiger partial charge is 0.317 e. The third-order valence-corrected chi connectivity index (χ3v) is 1.91. The minimum absolute atomic E-state index is 0.0150. The number of rotatable bonds is 5. The Bertz CT molecular complexity index is 163. The standard InChI is InChI=1S/C8H16N2O3/c11-5-7-13-6-4-10-3-1-2-9-8(10)12/h11H,1-7H2,(H,9,12). The number of amides is 2. The Balaban J connectivity index is 2.08. The van der Waals surface area contributed by atoms with E-state index in [9.17, 15) is 4.79 Å². The lowest BCUT2D eigenvalue weighted by Gasteiger charge is -2.27. The molecule has 1 heterocycles. The number of urea groups is 1. The van der Waals surface area contributed by atoms with Gasteiger partial charge < -0.3 is 20.1 Å². The molecule has 1 rings (SSSR count). The minimum atomic E-state index is -0.0150. The second-order valence-electron chi connectivity index (χ2n) is 2.91. The van der Waals surface area contributed by atoms with Crippen LogP contribution in [0.4, 0.5) is 4.79 Å². The first-order valence-corrected chi connectivity index (χ1v) is 4.56. The van der Waals surface area contributed by atoms with E-state index in [1.165, 1.54) is 0 Å². The van der Waals surface area contributed by atoms with Gasteiger partial charge in [-0.25, -0.2) is 4.79 Å². The average Bonchev–Trinajstić information content (AvgIpc) is 2.15. The summed E-state index contributed by atoms with van der Waals surface area (Å²) in [6.45, 7) is 3.04. The fourth-order valence-corrected chi connectivity index (χ4v) is 1.23. The summed E-state index contributed by atoms with van der Waals surface area (Å²) in [5, 5.41) is 11.2. The summed E-state index contributed by atoms with van der Waals surface area (Å²) in [5.74, 6) is 0. The van der Waals surface area contributed by atoms with E-state index < -0.39 is 0 Å². The number of ether oxygens (including phenoxy) is 1. The predicted molar refractivity (Wildman–Crippen MR) is 47.5 cm³/mol. The maximum absolute atomic E-state index is 11.2. The molecule has 0 aromatic carbocycles. The van der Waals surface area contributed by atoms with Gasteiger partial charge in [-0.1, -0.05) is 0 Å². The molecule has 5 nitrogen and oxygen atoms in total. The zero-order valence-corrected chi connectivity index (χ0v) is 7.66. The molecule has 1 saturated heterocycles. The number of carbonyl (C=O) groups excluding carboxylic acids is 1. The number of aliphatic hydroxyl groups excluding tert-OH is 1. The molecule has 0 atom stereocenters. The van der Waals surface area contributed by atoms with E-state index in [1.807, 2.05) is 0 Å². The SMILES string of the molecule is O=C1NCCCN1CCOCCO.